The summed E-state index contributed by atoms with van der Waals surface area (Å²) in [5, 5.41) is 2.68. The number of aryl methyl sites for hydroxylation is 1. The third-order valence-electron chi connectivity index (χ3n) is 2.76. The van der Waals surface area contributed by atoms with Gasteiger partial charge >= 0.3 is 0 Å². The molecule has 0 aliphatic heterocycles. The first-order valence-corrected chi connectivity index (χ1v) is 6.35. The summed E-state index contributed by atoms with van der Waals surface area (Å²) in [6.07, 6.45) is 5.16. The summed E-state index contributed by atoms with van der Waals surface area (Å²) in [5.74, 6) is 2.09. The molecule has 1 aromatic heterocycles. The number of aromatic amines is 1. The van der Waals surface area contributed by atoms with Crippen LogP contribution in [0.1, 0.15) is 5.82 Å². The third kappa shape index (κ3) is 2.98. The Labute approximate surface area is 125 Å². The summed E-state index contributed by atoms with van der Waals surface area (Å²) in [5.41, 5.74) is 5.95. The van der Waals surface area contributed by atoms with Gasteiger partial charge in [0, 0.05) is 5.56 Å². The first kappa shape index (κ1) is 14.9. The van der Waals surface area contributed by atoms with E-state index in [1.165, 1.54) is 6.07 Å². The van der Waals surface area contributed by atoms with E-state index in [4.69, 9.17) is 23.8 Å². The Morgan fingerprint density at radius 3 is 2.95 bits per heavy atom. The maximum Gasteiger partial charge on any atom is 0.270 e. The lowest BCUT2D eigenvalue weighted by Crippen LogP contribution is -2.12. The largest absolute Gasteiger partial charge is 0.397 e. The van der Waals surface area contributed by atoms with E-state index in [1.54, 1.807) is 6.92 Å². The number of nitrogens with one attached hydrogen (secondary N) is 2. The van der Waals surface area contributed by atoms with Gasteiger partial charge in [-0.25, -0.2) is 9.37 Å². The monoisotopic (exact) mass is 306 g/mol. The lowest BCUT2D eigenvalue weighted by atomic mass is 10.1. The molecule has 7 heteroatoms. The van der Waals surface area contributed by atoms with Crippen molar-refractivity contribution in [3.8, 4) is 23.6 Å². The lowest BCUT2D eigenvalue weighted by molar-refractivity contribution is 0.631. The quantitative estimate of drug-likeness (QED) is 0.599. The summed E-state index contributed by atoms with van der Waals surface area (Å²) in [6, 6.07) is 2.55. The minimum Gasteiger partial charge on any atom is -0.397 e. The number of benzene rings is 1. The molecule has 0 fully saturated rings. The normalized spacial score (nSPS) is 10.2. The molecule has 0 aliphatic rings. The van der Waals surface area contributed by atoms with E-state index in [2.05, 4.69) is 21.2 Å². The fourth-order valence-corrected chi connectivity index (χ4v) is 2.01. The van der Waals surface area contributed by atoms with Crippen molar-refractivity contribution >= 4 is 23.0 Å². The zero-order valence-corrected chi connectivity index (χ0v) is 11.9. The molecule has 0 atom stereocenters. The van der Waals surface area contributed by atoms with Crippen molar-refractivity contribution in [2.45, 2.75) is 6.92 Å². The third-order valence-corrected chi connectivity index (χ3v) is 3.11. The first-order chi connectivity index (χ1) is 9.93. The maximum absolute atomic E-state index is 14.1. The first-order valence-electron chi connectivity index (χ1n) is 5.97. The molecule has 5 nitrogen and oxygen atoms in total. The summed E-state index contributed by atoms with van der Waals surface area (Å²) < 4.78 is 14.1. The van der Waals surface area contributed by atoms with Gasteiger partial charge in [-0.2, -0.15) is 0 Å². The Hall–Kier alpha value is -2.52. The Kier molecular flexibility index (Phi) is 4.15. The fourth-order valence-electron chi connectivity index (χ4n) is 1.82. The Bertz CT molecular complexity index is 795. The van der Waals surface area contributed by atoms with Gasteiger partial charge in [-0.05, 0) is 19.1 Å². The van der Waals surface area contributed by atoms with Gasteiger partial charge in [-0.15, -0.1) is 6.42 Å². The van der Waals surface area contributed by atoms with Crippen molar-refractivity contribution in [1.82, 2.24) is 9.97 Å². The highest BCUT2D eigenvalue weighted by molar-refractivity contribution is 6.32. The number of hydrogen-bond acceptors (Lipinski definition) is 4. The van der Waals surface area contributed by atoms with Crippen LogP contribution in [0, 0.1) is 25.1 Å². The maximum atomic E-state index is 14.1. The van der Waals surface area contributed by atoms with Gasteiger partial charge in [-0.3, -0.25) is 4.79 Å². The van der Waals surface area contributed by atoms with Gasteiger partial charge in [0.1, 0.15) is 16.7 Å². The molecule has 0 amide bonds. The Morgan fingerprint density at radius 1 is 1.57 bits per heavy atom. The van der Waals surface area contributed by atoms with E-state index >= 15 is 0 Å². The van der Waals surface area contributed by atoms with Crippen LogP contribution in [0.5, 0.6) is 0 Å². The molecule has 1 aromatic carbocycles. The Morgan fingerprint density at radius 2 is 2.29 bits per heavy atom. The number of nitrogens with two attached hydrogens (primary N) is 1. The molecular weight excluding hydrogens is 295 g/mol. The molecule has 2 rings (SSSR count). The number of anilines is 2. The van der Waals surface area contributed by atoms with E-state index in [0.717, 1.165) is 6.07 Å². The molecule has 2 aromatic rings. The van der Waals surface area contributed by atoms with E-state index < -0.39 is 11.4 Å². The zero-order chi connectivity index (χ0) is 15.6. The van der Waals surface area contributed by atoms with Crippen LogP contribution in [0.15, 0.2) is 16.9 Å². The summed E-state index contributed by atoms with van der Waals surface area (Å²) in [4.78, 5) is 18.2. The van der Waals surface area contributed by atoms with Crippen molar-refractivity contribution in [1.29, 1.82) is 0 Å². The topological polar surface area (TPSA) is 83.8 Å². The second-order valence-corrected chi connectivity index (χ2v) is 4.67. The van der Waals surface area contributed by atoms with Crippen LogP contribution in [0.25, 0.3) is 11.3 Å². The van der Waals surface area contributed by atoms with Crippen molar-refractivity contribution in [2.24, 2.45) is 0 Å². The van der Waals surface area contributed by atoms with Crippen molar-refractivity contribution in [3.63, 3.8) is 0 Å². The molecule has 0 unspecified atom stereocenters. The highest BCUT2D eigenvalue weighted by Gasteiger charge is 2.16. The van der Waals surface area contributed by atoms with Gasteiger partial charge in [-0.1, -0.05) is 17.5 Å². The number of terminal acetylenes is 1. The molecule has 0 bridgehead atoms. The van der Waals surface area contributed by atoms with Crippen LogP contribution in [-0.4, -0.2) is 16.5 Å². The molecule has 0 radical (unpaired) electrons. The predicted octanol–water partition coefficient (Wildman–Crippen LogP) is 2.17. The number of aromatic nitrogens is 2. The molecule has 0 saturated carbocycles. The average molecular weight is 307 g/mol. The van der Waals surface area contributed by atoms with Gasteiger partial charge in [0.2, 0.25) is 0 Å². The molecule has 108 valence electrons. The van der Waals surface area contributed by atoms with E-state index in [-0.39, 0.29) is 28.5 Å². The molecule has 1 heterocycles. The van der Waals surface area contributed by atoms with E-state index in [9.17, 15) is 9.18 Å². The minimum atomic E-state index is -0.627. The molecular formula is C14H12ClFN4O. The van der Waals surface area contributed by atoms with Crippen LogP contribution in [0.3, 0.4) is 0 Å². The van der Waals surface area contributed by atoms with Crippen LogP contribution in [-0.2, 0) is 0 Å². The molecule has 0 spiro atoms. The average Bonchev–Trinajstić information content (AvgIpc) is 2.42. The number of nitrogens with zero attached hydrogens (tertiary/aromatic N) is 1. The molecule has 4 N–H and O–H groups in total. The molecule has 21 heavy (non-hydrogen) atoms. The lowest BCUT2D eigenvalue weighted by Gasteiger charge is -2.11. The number of H-pyrrole nitrogens is 1. The van der Waals surface area contributed by atoms with Gasteiger partial charge in [0.15, 0.2) is 0 Å². The smallest absolute Gasteiger partial charge is 0.270 e. The minimum absolute atomic E-state index is 0.0548. The van der Waals surface area contributed by atoms with Crippen molar-refractivity contribution < 1.29 is 4.39 Å². The molecule has 0 saturated heterocycles. The summed E-state index contributed by atoms with van der Waals surface area (Å²) in [6.45, 7) is 1.80. The van der Waals surface area contributed by atoms with E-state index in [1.807, 2.05) is 0 Å². The van der Waals surface area contributed by atoms with E-state index in [0.29, 0.717) is 11.5 Å². The van der Waals surface area contributed by atoms with Crippen LogP contribution < -0.4 is 16.6 Å². The Balaban J connectivity index is 2.64. The van der Waals surface area contributed by atoms with Crippen LogP contribution in [0.2, 0.25) is 5.02 Å². The van der Waals surface area contributed by atoms with Crippen molar-refractivity contribution in [2.75, 3.05) is 17.6 Å². The summed E-state index contributed by atoms with van der Waals surface area (Å²) in [7, 11) is 0. The SMILES string of the molecule is C#CCNc1cc(-c2nc(C)[nH]c(=O)c2Cl)c(F)cc1N. The fraction of sp³-hybridized carbons (Fsp3) is 0.143. The standard InChI is InChI=1S/C14H12ClFN4O/c1-3-4-18-11-5-8(9(16)6-10(11)17)13-12(15)14(21)20-7(2)19-13/h1,5-6,18H,4,17H2,2H3,(H,19,20,21). The second kappa shape index (κ2) is 5.85. The highest BCUT2D eigenvalue weighted by atomic mass is 35.5. The van der Waals surface area contributed by atoms with Crippen molar-refractivity contribution in [3.05, 3.63) is 39.2 Å². The van der Waals surface area contributed by atoms with Gasteiger partial charge in [0.25, 0.3) is 5.56 Å². The molecule has 0 aliphatic carbocycles. The number of nitrogen functional groups attached to an aromatic ring is 1. The summed E-state index contributed by atoms with van der Waals surface area (Å²) >= 11 is 5.91. The van der Waals surface area contributed by atoms with Gasteiger partial charge < -0.3 is 16.0 Å². The van der Waals surface area contributed by atoms with Crippen LogP contribution in [0.4, 0.5) is 15.8 Å². The number of halogens is 2. The predicted molar refractivity (Wildman–Crippen MR) is 81.7 cm³/mol. The zero-order valence-electron chi connectivity index (χ0n) is 11.1. The number of rotatable bonds is 3. The number of hydrogen-bond donors (Lipinski definition) is 3. The highest BCUT2D eigenvalue weighted by Crippen LogP contribution is 2.31. The van der Waals surface area contributed by atoms with Gasteiger partial charge in [0.05, 0.1) is 23.6 Å². The second-order valence-electron chi connectivity index (χ2n) is 4.29. The van der Waals surface area contributed by atoms with Crippen LogP contribution >= 0.6 is 11.6 Å².